The number of ketones is 1. The Kier molecular flexibility index (Phi) is 4.15. The molecule has 128 valence electrons. The quantitative estimate of drug-likeness (QED) is 0.760. The Balaban J connectivity index is 1.86. The zero-order valence-corrected chi connectivity index (χ0v) is 13.6. The summed E-state index contributed by atoms with van der Waals surface area (Å²) in [7, 11) is 1.76. The van der Waals surface area contributed by atoms with Gasteiger partial charge in [-0.1, -0.05) is 0 Å². The molecule has 1 saturated carbocycles. The first kappa shape index (κ1) is 16.3. The summed E-state index contributed by atoms with van der Waals surface area (Å²) in [5.74, 6) is 0.245. The summed E-state index contributed by atoms with van der Waals surface area (Å²) in [4.78, 5) is 40.5. The van der Waals surface area contributed by atoms with Gasteiger partial charge in [-0.25, -0.2) is 4.79 Å². The predicted octanol–water partition coefficient (Wildman–Crippen LogP) is 0.922. The van der Waals surface area contributed by atoms with E-state index in [1.807, 2.05) is 13.0 Å². The van der Waals surface area contributed by atoms with E-state index >= 15 is 0 Å². The van der Waals surface area contributed by atoms with Gasteiger partial charge in [-0.3, -0.25) is 24.0 Å². The fourth-order valence-electron chi connectivity index (χ4n) is 2.72. The van der Waals surface area contributed by atoms with E-state index < -0.39 is 17.0 Å². The second-order valence-electron chi connectivity index (χ2n) is 6.15. The smallest absolute Gasteiger partial charge is 0.330 e. The number of carbonyl (C=O) groups excluding carboxylic acids is 1. The molecule has 0 saturated heterocycles. The summed E-state index contributed by atoms with van der Waals surface area (Å²) in [5, 5.41) is 0. The van der Waals surface area contributed by atoms with E-state index in [2.05, 4.69) is 4.98 Å². The molecular formula is C16H20N4O4. The van der Waals surface area contributed by atoms with E-state index in [-0.39, 0.29) is 30.0 Å². The van der Waals surface area contributed by atoms with Crippen LogP contribution < -0.4 is 17.0 Å². The predicted molar refractivity (Wildman–Crippen MR) is 88.1 cm³/mol. The average molecular weight is 332 g/mol. The number of hydrogen-bond acceptors (Lipinski definition) is 6. The molecule has 0 spiro atoms. The highest BCUT2D eigenvalue weighted by molar-refractivity contribution is 6.01. The lowest BCUT2D eigenvalue weighted by atomic mass is 10.1. The lowest BCUT2D eigenvalue weighted by Gasteiger charge is -2.22. The number of Topliss-reactive ketones (excluding diaryl/α,β-unsaturated/α-hetero) is 1. The van der Waals surface area contributed by atoms with E-state index in [0.29, 0.717) is 0 Å². The highest BCUT2D eigenvalue weighted by Gasteiger charge is 2.30. The zero-order chi connectivity index (χ0) is 17.4. The number of nitrogens with one attached hydrogen (secondary N) is 1. The number of anilines is 1. The number of nitrogens with zero attached hydrogens (tertiary/aromatic N) is 2. The average Bonchev–Trinajstić information content (AvgIpc) is 3.18. The zero-order valence-electron chi connectivity index (χ0n) is 13.6. The van der Waals surface area contributed by atoms with Gasteiger partial charge in [0.05, 0.1) is 18.8 Å². The fourth-order valence-corrected chi connectivity index (χ4v) is 2.72. The molecule has 0 radical (unpaired) electrons. The topological polar surface area (TPSA) is 114 Å². The first-order chi connectivity index (χ1) is 11.4. The molecular weight excluding hydrogens is 312 g/mol. The van der Waals surface area contributed by atoms with Gasteiger partial charge in [0, 0.05) is 6.04 Å². The number of rotatable bonds is 6. The lowest BCUT2D eigenvalue weighted by Crippen LogP contribution is -2.38. The van der Waals surface area contributed by atoms with Crippen LogP contribution in [0.25, 0.3) is 0 Å². The molecule has 8 nitrogen and oxygen atoms in total. The Morgan fingerprint density at radius 1 is 1.50 bits per heavy atom. The first-order valence-electron chi connectivity index (χ1n) is 7.81. The third-order valence-electron chi connectivity index (χ3n) is 4.38. The Bertz CT molecular complexity index is 861. The summed E-state index contributed by atoms with van der Waals surface area (Å²) in [5.41, 5.74) is 4.51. The Morgan fingerprint density at radius 3 is 2.79 bits per heavy atom. The van der Waals surface area contributed by atoms with Gasteiger partial charge in [-0.2, -0.15) is 0 Å². The largest absolute Gasteiger partial charge is 0.468 e. The Morgan fingerprint density at radius 2 is 2.21 bits per heavy atom. The molecule has 2 heterocycles. The minimum absolute atomic E-state index is 0.0159. The van der Waals surface area contributed by atoms with Crippen LogP contribution in [0.2, 0.25) is 0 Å². The Labute approximate surface area is 137 Å². The van der Waals surface area contributed by atoms with Crippen LogP contribution in [0, 0.1) is 0 Å². The van der Waals surface area contributed by atoms with E-state index in [1.54, 1.807) is 24.3 Å². The van der Waals surface area contributed by atoms with Crippen LogP contribution in [0.4, 0.5) is 5.82 Å². The standard InChI is InChI=1S/C16H20N4O4/c1-9(12-4-3-7-24-12)19(2)8-11(21)13-14(17)20(10-5-6-10)16(23)18-15(13)22/h3-4,7,9-10H,5-6,8,17H2,1-2H3,(H,18,22,23)/t9-/m0/s1. The van der Waals surface area contributed by atoms with Gasteiger partial charge in [0.25, 0.3) is 5.56 Å². The van der Waals surface area contributed by atoms with Crippen molar-refractivity contribution in [3.05, 3.63) is 50.6 Å². The molecule has 3 N–H and O–H groups in total. The molecule has 1 aliphatic carbocycles. The third kappa shape index (κ3) is 2.92. The second-order valence-corrected chi connectivity index (χ2v) is 6.15. The molecule has 0 amide bonds. The van der Waals surface area contributed by atoms with Crippen LogP contribution in [0.3, 0.4) is 0 Å². The SMILES string of the molecule is C[C@@H](c1ccco1)N(C)CC(=O)c1c(N)n(C2CC2)c(=O)[nH]c1=O. The number of nitrogen functional groups attached to an aromatic ring is 1. The summed E-state index contributed by atoms with van der Waals surface area (Å²) in [6, 6.07) is 3.43. The van der Waals surface area contributed by atoms with Gasteiger partial charge in [-0.15, -0.1) is 0 Å². The molecule has 24 heavy (non-hydrogen) atoms. The van der Waals surface area contributed by atoms with Gasteiger partial charge >= 0.3 is 5.69 Å². The lowest BCUT2D eigenvalue weighted by molar-refractivity contribution is 0.0916. The number of H-pyrrole nitrogens is 1. The molecule has 2 aromatic heterocycles. The molecule has 0 bridgehead atoms. The summed E-state index contributed by atoms with van der Waals surface area (Å²) < 4.78 is 6.64. The van der Waals surface area contributed by atoms with Gasteiger partial charge in [0.15, 0.2) is 5.78 Å². The monoisotopic (exact) mass is 332 g/mol. The van der Waals surface area contributed by atoms with Crippen LogP contribution in [0.5, 0.6) is 0 Å². The van der Waals surface area contributed by atoms with Crippen molar-refractivity contribution in [1.82, 2.24) is 14.5 Å². The van der Waals surface area contributed by atoms with Crippen LogP contribution >= 0.6 is 0 Å². The minimum atomic E-state index is -0.738. The molecule has 3 rings (SSSR count). The molecule has 1 aliphatic rings. The van der Waals surface area contributed by atoms with Crippen molar-refractivity contribution in [2.45, 2.75) is 31.8 Å². The van der Waals surface area contributed by atoms with Crippen molar-refractivity contribution < 1.29 is 9.21 Å². The van der Waals surface area contributed by atoms with E-state index in [1.165, 1.54) is 4.57 Å². The molecule has 2 aromatic rings. The Hall–Kier alpha value is -2.61. The van der Waals surface area contributed by atoms with Crippen molar-refractivity contribution in [2.24, 2.45) is 0 Å². The molecule has 8 heteroatoms. The highest BCUT2D eigenvalue weighted by Crippen LogP contribution is 2.35. The van der Waals surface area contributed by atoms with Gasteiger partial charge < -0.3 is 10.2 Å². The first-order valence-corrected chi connectivity index (χ1v) is 7.81. The number of furan rings is 1. The number of nitrogens with two attached hydrogens (primary N) is 1. The van der Waals surface area contributed by atoms with Crippen LogP contribution in [0.15, 0.2) is 32.4 Å². The van der Waals surface area contributed by atoms with Crippen molar-refractivity contribution in [3.63, 3.8) is 0 Å². The maximum Gasteiger partial charge on any atom is 0.330 e. The molecule has 0 aliphatic heterocycles. The minimum Gasteiger partial charge on any atom is -0.468 e. The highest BCUT2D eigenvalue weighted by atomic mass is 16.3. The van der Waals surface area contributed by atoms with E-state index in [9.17, 15) is 14.4 Å². The van der Waals surface area contributed by atoms with Crippen molar-refractivity contribution in [3.8, 4) is 0 Å². The van der Waals surface area contributed by atoms with Crippen LogP contribution in [0.1, 0.15) is 48.0 Å². The summed E-state index contributed by atoms with van der Waals surface area (Å²) in [6.45, 7) is 1.88. The second kappa shape index (κ2) is 6.12. The third-order valence-corrected chi connectivity index (χ3v) is 4.38. The summed E-state index contributed by atoms with van der Waals surface area (Å²) >= 11 is 0. The number of aromatic amines is 1. The van der Waals surface area contributed by atoms with Crippen molar-refractivity contribution in [1.29, 1.82) is 0 Å². The van der Waals surface area contributed by atoms with E-state index in [0.717, 1.165) is 18.6 Å². The molecule has 0 aromatic carbocycles. The van der Waals surface area contributed by atoms with Crippen molar-refractivity contribution in [2.75, 3.05) is 19.3 Å². The number of hydrogen-bond donors (Lipinski definition) is 2. The maximum absolute atomic E-state index is 12.6. The van der Waals surface area contributed by atoms with Gasteiger partial charge in [-0.05, 0) is 38.9 Å². The number of aromatic nitrogens is 2. The van der Waals surface area contributed by atoms with E-state index in [4.69, 9.17) is 10.2 Å². The molecule has 1 fully saturated rings. The summed E-state index contributed by atoms with van der Waals surface area (Å²) in [6.07, 6.45) is 3.20. The molecule has 1 atom stereocenters. The number of carbonyl (C=O) groups is 1. The van der Waals surface area contributed by atoms with Crippen LogP contribution in [-0.4, -0.2) is 33.8 Å². The van der Waals surface area contributed by atoms with Crippen molar-refractivity contribution >= 4 is 11.6 Å². The van der Waals surface area contributed by atoms with Gasteiger partial charge in [0.2, 0.25) is 0 Å². The van der Waals surface area contributed by atoms with Crippen LogP contribution in [-0.2, 0) is 0 Å². The fraction of sp³-hybridized carbons (Fsp3) is 0.438. The molecule has 0 unspecified atom stereocenters. The van der Waals surface area contributed by atoms with Gasteiger partial charge in [0.1, 0.15) is 17.1 Å². The maximum atomic E-state index is 12.6. The normalized spacial score (nSPS) is 15.6. The number of likely N-dealkylation sites (N-methyl/N-ethyl adjacent to an activating group) is 1.